The lowest BCUT2D eigenvalue weighted by molar-refractivity contribution is -0.928. The Balaban J connectivity index is 1.71. The van der Waals surface area contributed by atoms with Crippen molar-refractivity contribution in [1.82, 2.24) is 4.57 Å². The molecule has 1 aromatic heterocycles. The van der Waals surface area contributed by atoms with E-state index in [2.05, 4.69) is 22.8 Å². The van der Waals surface area contributed by atoms with Crippen molar-refractivity contribution in [1.29, 1.82) is 0 Å². The molecule has 0 spiro atoms. The van der Waals surface area contributed by atoms with E-state index in [0.29, 0.717) is 12.1 Å². The van der Waals surface area contributed by atoms with E-state index in [4.69, 9.17) is 9.47 Å². The SMILES string of the molecule is COCCC[NH+](Cc1ccc(OC)cc1)Cc1cccn1Cc1ccccc1F. The van der Waals surface area contributed by atoms with Gasteiger partial charge in [-0.25, -0.2) is 4.39 Å². The van der Waals surface area contributed by atoms with E-state index in [1.807, 2.05) is 36.5 Å². The van der Waals surface area contributed by atoms with E-state index in [1.165, 1.54) is 22.2 Å². The smallest absolute Gasteiger partial charge is 0.128 e. The maximum atomic E-state index is 14.1. The summed E-state index contributed by atoms with van der Waals surface area (Å²) in [6.45, 7) is 4.09. The molecule has 1 unspecified atom stereocenters. The minimum absolute atomic E-state index is 0.158. The van der Waals surface area contributed by atoms with Crippen LogP contribution in [0.3, 0.4) is 0 Å². The minimum atomic E-state index is -0.158. The fourth-order valence-electron chi connectivity index (χ4n) is 3.57. The fraction of sp³-hybridized carbons (Fsp3) is 0.333. The summed E-state index contributed by atoms with van der Waals surface area (Å²) in [5, 5.41) is 0. The normalized spacial score (nSPS) is 12.1. The second kappa shape index (κ2) is 10.8. The van der Waals surface area contributed by atoms with Crippen molar-refractivity contribution < 1.29 is 18.8 Å². The Morgan fingerprint density at radius 1 is 0.931 bits per heavy atom. The summed E-state index contributed by atoms with van der Waals surface area (Å²) in [7, 11) is 3.42. The van der Waals surface area contributed by atoms with Crippen LogP contribution >= 0.6 is 0 Å². The van der Waals surface area contributed by atoms with E-state index < -0.39 is 0 Å². The third kappa shape index (κ3) is 6.17. The van der Waals surface area contributed by atoms with Crippen LogP contribution in [0.1, 0.15) is 23.2 Å². The highest BCUT2D eigenvalue weighted by atomic mass is 19.1. The fourth-order valence-corrected chi connectivity index (χ4v) is 3.57. The van der Waals surface area contributed by atoms with Gasteiger partial charge in [-0.05, 0) is 42.5 Å². The number of nitrogens with zero attached hydrogens (tertiary/aromatic N) is 1. The van der Waals surface area contributed by atoms with Crippen molar-refractivity contribution in [2.24, 2.45) is 0 Å². The zero-order chi connectivity index (χ0) is 20.5. The third-order valence-electron chi connectivity index (χ3n) is 5.15. The molecule has 3 aromatic rings. The quantitative estimate of drug-likeness (QED) is 0.503. The van der Waals surface area contributed by atoms with Gasteiger partial charge in [0.25, 0.3) is 0 Å². The van der Waals surface area contributed by atoms with Crippen LogP contribution in [0, 0.1) is 5.82 Å². The second-order valence-corrected chi connectivity index (χ2v) is 7.27. The minimum Gasteiger partial charge on any atom is -0.497 e. The summed E-state index contributed by atoms with van der Waals surface area (Å²) >= 11 is 0. The van der Waals surface area contributed by atoms with Gasteiger partial charge in [0, 0.05) is 30.9 Å². The zero-order valence-electron chi connectivity index (χ0n) is 17.2. The Labute approximate surface area is 172 Å². The zero-order valence-corrected chi connectivity index (χ0v) is 17.2. The summed E-state index contributed by atoms with van der Waals surface area (Å²) in [5.41, 5.74) is 3.18. The molecule has 3 rings (SSSR count). The molecule has 0 aliphatic heterocycles. The van der Waals surface area contributed by atoms with Gasteiger partial charge in [0.05, 0.1) is 32.5 Å². The van der Waals surface area contributed by atoms with Gasteiger partial charge in [-0.2, -0.15) is 0 Å². The highest BCUT2D eigenvalue weighted by molar-refractivity contribution is 5.26. The summed E-state index contributed by atoms with van der Waals surface area (Å²) in [4.78, 5) is 1.45. The van der Waals surface area contributed by atoms with E-state index in [1.54, 1.807) is 20.3 Å². The van der Waals surface area contributed by atoms with Crippen molar-refractivity contribution in [3.8, 4) is 5.75 Å². The first-order chi connectivity index (χ1) is 14.2. The molecule has 5 heteroatoms. The predicted molar refractivity (Wildman–Crippen MR) is 113 cm³/mol. The van der Waals surface area contributed by atoms with Gasteiger partial charge in [0.15, 0.2) is 0 Å². The number of nitrogens with one attached hydrogen (secondary N) is 1. The molecule has 4 nitrogen and oxygen atoms in total. The number of hydrogen-bond acceptors (Lipinski definition) is 2. The molecule has 1 N–H and O–H groups in total. The first-order valence-electron chi connectivity index (χ1n) is 10.0. The predicted octanol–water partition coefficient (Wildman–Crippen LogP) is 3.31. The molecule has 2 aromatic carbocycles. The average molecular weight is 398 g/mol. The molecule has 29 heavy (non-hydrogen) atoms. The standard InChI is InChI=1S/C24H29FN2O2/c1-28-16-6-14-26(17-20-10-12-23(29-2)13-11-20)19-22-8-5-15-27(22)18-21-7-3-4-9-24(21)25/h3-5,7-13,15H,6,14,16-19H2,1-2H3/p+1. The topological polar surface area (TPSA) is 27.8 Å². The lowest BCUT2D eigenvalue weighted by Crippen LogP contribution is -3.09. The van der Waals surface area contributed by atoms with Crippen LogP contribution in [0.2, 0.25) is 0 Å². The summed E-state index contributed by atoms with van der Waals surface area (Å²) in [5.74, 6) is 0.711. The highest BCUT2D eigenvalue weighted by Crippen LogP contribution is 2.12. The maximum absolute atomic E-state index is 14.1. The van der Waals surface area contributed by atoms with Gasteiger partial charge in [-0.15, -0.1) is 0 Å². The van der Waals surface area contributed by atoms with Crippen LogP contribution in [-0.4, -0.2) is 31.9 Å². The van der Waals surface area contributed by atoms with Crippen LogP contribution in [0.25, 0.3) is 0 Å². The maximum Gasteiger partial charge on any atom is 0.128 e. The van der Waals surface area contributed by atoms with Crippen molar-refractivity contribution in [2.75, 3.05) is 27.4 Å². The van der Waals surface area contributed by atoms with Crippen molar-refractivity contribution in [3.63, 3.8) is 0 Å². The van der Waals surface area contributed by atoms with Crippen LogP contribution in [-0.2, 0) is 24.4 Å². The van der Waals surface area contributed by atoms with Crippen LogP contribution in [0.15, 0.2) is 66.9 Å². The van der Waals surface area contributed by atoms with Gasteiger partial charge >= 0.3 is 0 Å². The third-order valence-corrected chi connectivity index (χ3v) is 5.15. The Morgan fingerprint density at radius 2 is 1.72 bits per heavy atom. The number of benzene rings is 2. The lowest BCUT2D eigenvalue weighted by atomic mass is 10.2. The van der Waals surface area contributed by atoms with E-state index in [9.17, 15) is 4.39 Å². The van der Waals surface area contributed by atoms with E-state index >= 15 is 0 Å². The Morgan fingerprint density at radius 3 is 2.45 bits per heavy atom. The summed E-state index contributed by atoms with van der Waals surface area (Å²) < 4.78 is 26.7. The molecule has 0 saturated heterocycles. The van der Waals surface area contributed by atoms with Gasteiger partial charge in [-0.1, -0.05) is 18.2 Å². The van der Waals surface area contributed by atoms with Gasteiger partial charge in [-0.3, -0.25) is 0 Å². The molecule has 0 bridgehead atoms. The number of methoxy groups -OCH3 is 2. The number of halogens is 1. The number of quaternary nitrogens is 1. The number of rotatable bonds is 11. The number of ether oxygens (including phenoxy) is 2. The molecule has 0 radical (unpaired) electrons. The van der Waals surface area contributed by atoms with Gasteiger partial charge < -0.3 is 18.9 Å². The second-order valence-electron chi connectivity index (χ2n) is 7.27. The number of aromatic nitrogens is 1. The summed E-state index contributed by atoms with van der Waals surface area (Å²) in [6.07, 6.45) is 3.03. The Kier molecular flexibility index (Phi) is 7.85. The lowest BCUT2D eigenvalue weighted by Gasteiger charge is -2.21. The van der Waals surface area contributed by atoms with E-state index in [-0.39, 0.29) is 5.82 Å². The Hall–Kier alpha value is -2.63. The van der Waals surface area contributed by atoms with Gasteiger partial charge in [0.1, 0.15) is 24.7 Å². The molecular weight excluding hydrogens is 367 g/mol. The molecular formula is C24H30FN2O2+. The van der Waals surface area contributed by atoms with Crippen LogP contribution < -0.4 is 9.64 Å². The van der Waals surface area contributed by atoms with Crippen molar-refractivity contribution in [2.45, 2.75) is 26.1 Å². The highest BCUT2D eigenvalue weighted by Gasteiger charge is 2.14. The molecule has 1 heterocycles. The Bertz CT molecular complexity index is 877. The molecule has 0 aliphatic carbocycles. The first-order valence-corrected chi connectivity index (χ1v) is 10.0. The van der Waals surface area contributed by atoms with Gasteiger partial charge in [0.2, 0.25) is 0 Å². The number of hydrogen-bond donors (Lipinski definition) is 1. The first kappa shape index (κ1) is 21.1. The molecule has 0 amide bonds. The largest absolute Gasteiger partial charge is 0.497 e. The van der Waals surface area contributed by atoms with Crippen LogP contribution in [0.5, 0.6) is 5.75 Å². The molecule has 1 atom stereocenters. The molecule has 0 fully saturated rings. The van der Waals surface area contributed by atoms with E-state index in [0.717, 1.165) is 38.4 Å². The van der Waals surface area contributed by atoms with Crippen molar-refractivity contribution >= 4 is 0 Å². The summed E-state index contributed by atoms with van der Waals surface area (Å²) in [6, 6.07) is 19.4. The monoisotopic (exact) mass is 397 g/mol. The van der Waals surface area contributed by atoms with Crippen molar-refractivity contribution in [3.05, 3.63) is 89.5 Å². The molecule has 0 saturated carbocycles. The molecule has 154 valence electrons. The molecule has 0 aliphatic rings. The van der Waals surface area contributed by atoms with Crippen LogP contribution in [0.4, 0.5) is 4.39 Å². The average Bonchev–Trinajstić information content (AvgIpc) is 3.17.